The molecule has 0 fully saturated rings. The Bertz CT molecular complexity index is 649. The number of hydrogen-bond acceptors (Lipinski definition) is 6. The van der Waals surface area contributed by atoms with E-state index in [1.807, 2.05) is 0 Å². The molecule has 2 rings (SSSR count). The molecule has 2 aromatic heterocycles. The molecule has 0 amide bonds. The third-order valence-corrected chi connectivity index (χ3v) is 2.38. The zero-order chi connectivity index (χ0) is 13.8. The highest BCUT2D eigenvalue weighted by atomic mass is 16.5. The van der Waals surface area contributed by atoms with Crippen molar-refractivity contribution in [2.24, 2.45) is 0 Å². The molecule has 98 valence electrons. The van der Waals surface area contributed by atoms with Crippen LogP contribution in [-0.4, -0.2) is 28.3 Å². The van der Waals surface area contributed by atoms with Crippen molar-refractivity contribution >= 4 is 17.5 Å². The molecule has 0 saturated heterocycles. The monoisotopic (exact) mass is 260 g/mol. The molecule has 0 aromatic carbocycles. The van der Waals surface area contributed by atoms with Gasteiger partial charge in [-0.25, -0.2) is 14.9 Å². The van der Waals surface area contributed by atoms with Gasteiger partial charge in [0.05, 0.1) is 18.4 Å². The number of aryl methyl sites for hydroxylation is 1. The Morgan fingerprint density at radius 2 is 2.21 bits per heavy atom. The van der Waals surface area contributed by atoms with E-state index in [0.717, 1.165) is 0 Å². The smallest absolute Gasteiger partial charge is 0.339 e. The first-order chi connectivity index (χ1) is 9.10. The Morgan fingerprint density at radius 1 is 1.42 bits per heavy atom. The van der Waals surface area contributed by atoms with Crippen LogP contribution in [0.5, 0.6) is 0 Å². The summed E-state index contributed by atoms with van der Waals surface area (Å²) in [7, 11) is 1.30. The summed E-state index contributed by atoms with van der Waals surface area (Å²) in [5.41, 5.74) is 1.01. The highest BCUT2D eigenvalue weighted by Gasteiger charge is 2.06. The maximum atomic E-state index is 11.5. The fourth-order valence-electron chi connectivity index (χ4n) is 1.44. The molecular formula is C12H12N4O3. The minimum atomic E-state index is -0.461. The van der Waals surface area contributed by atoms with Gasteiger partial charge in [0.2, 0.25) is 0 Å². The lowest BCUT2D eigenvalue weighted by molar-refractivity contribution is 0.0600. The molecular weight excluding hydrogens is 248 g/mol. The van der Waals surface area contributed by atoms with Gasteiger partial charge in [0.25, 0.3) is 5.56 Å². The predicted octanol–water partition coefficient (Wildman–Crippen LogP) is 1.00. The van der Waals surface area contributed by atoms with Crippen molar-refractivity contribution in [2.45, 2.75) is 6.92 Å². The van der Waals surface area contributed by atoms with Gasteiger partial charge < -0.3 is 10.1 Å². The second kappa shape index (κ2) is 5.30. The molecule has 7 nitrogen and oxygen atoms in total. The van der Waals surface area contributed by atoms with Gasteiger partial charge in [0.1, 0.15) is 11.5 Å². The van der Waals surface area contributed by atoms with Crippen LogP contribution >= 0.6 is 0 Å². The topological polar surface area (TPSA) is 97.0 Å². The fourth-order valence-corrected chi connectivity index (χ4v) is 1.44. The zero-order valence-electron chi connectivity index (χ0n) is 10.4. The van der Waals surface area contributed by atoms with Gasteiger partial charge in [-0.3, -0.25) is 4.79 Å². The van der Waals surface area contributed by atoms with Crippen LogP contribution in [0.25, 0.3) is 0 Å². The Labute approximate surface area is 108 Å². The van der Waals surface area contributed by atoms with E-state index in [2.05, 4.69) is 25.2 Å². The van der Waals surface area contributed by atoms with Gasteiger partial charge in [0, 0.05) is 6.20 Å². The lowest BCUT2D eigenvalue weighted by Crippen LogP contribution is -2.14. The summed E-state index contributed by atoms with van der Waals surface area (Å²) in [5.74, 6) is -0.0135. The summed E-state index contributed by atoms with van der Waals surface area (Å²) >= 11 is 0. The van der Waals surface area contributed by atoms with Crippen molar-refractivity contribution in [2.75, 3.05) is 12.4 Å². The fraction of sp³-hybridized carbons (Fsp3) is 0.167. The van der Waals surface area contributed by atoms with Gasteiger partial charge >= 0.3 is 5.97 Å². The number of rotatable bonds is 3. The molecule has 0 radical (unpaired) electrons. The number of aromatic nitrogens is 3. The minimum Gasteiger partial charge on any atom is -0.465 e. The quantitative estimate of drug-likeness (QED) is 0.799. The molecule has 2 aromatic rings. The van der Waals surface area contributed by atoms with Crippen LogP contribution in [0.2, 0.25) is 0 Å². The largest absolute Gasteiger partial charge is 0.465 e. The molecule has 7 heteroatoms. The van der Waals surface area contributed by atoms with Crippen molar-refractivity contribution in [3.05, 3.63) is 46.0 Å². The lowest BCUT2D eigenvalue weighted by atomic mass is 10.3. The summed E-state index contributed by atoms with van der Waals surface area (Å²) < 4.78 is 4.57. The maximum Gasteiger partial charge on any atom is 0.339 e. The molecule has 0 aliphatic heterocycles. The van der Waals surface area contributed by atoms with Gasteiger partial charge in [-0.15, -0.1) is 0 Å². The van der Waals surface area contributed by atoms with Gasteiger partial charge in [-0.1, -0.05) is 0 Å². The number of esters is 1. The van der Waals surface area contributed by atoms with E-state index in [0.29, 0.717) is 22.8 Å². The normalized spacial score (nSPS) is 10.0. The molecule has 0 aliphatic rings. The van der Waals surface area contributed by atoms with E-state index in [1.165, 1.54) is 13.3 Å². The maximum absolute atomic E-state index is 11.5. The van der Waals surface area contributed by atoms with Crippen molar-refractivity contribution < 1.29 is 9.53 Å². The van der Waals surface area contributed by atoms with Crippen molar-refractivity contribution in [3.8, 4) is 0 Å². The SMILES string of the molecule is COC(=O)c1ccc(Nc2cc(C)n[nH]c2=O)nc1. The number of ether oxygens (including phenoxy) is 1. The van der Waals surface area contributed by atoms with E-state index in [4.69, 9.17) is 0 Å². The summed E-state index contributed by atoms with van der Waals surface area (Å²) in [4.78, 5) is 26.8. The Hall–Kier alpha value is -2.70. The average Bonchev–Trinajstić information content (AvgIpc) is 2.43. The number of nitrogens with zero attached hydrogens (tertiary/aromatic N) is 2. The average molecular weight is 260 g/mol. The predicted molar refractivity (Wildman–Crippen MR) is 68.5 cm³/mol. The molecule has 0 bridgehead atoms. The van der Waals surface area contributed by atoms with Crippen LogP contribution in [0.4, 0.5) is 11.5 Å². The number of carbonyl (C=O) groups excluding carboxylic acids is 1. The zero-order valence-corrected chi connectivity index (χ0v) is 10.4. The number of carbonyl (C=O) groups is 1. The molecule has 0 saturated carbocycles. The van der Waals surface area contributed by atoms with Crippen molar-refractivity contribution in [1.29, 1.82) is 0 Å². The third-order valence-electron chi connectivity index (χ3n) is 2.38. The first-order valence-corrected chi connectivity index (χ1v) is 5.48. The van der Waals surface area contributed by atoms with E-state index < -0.39 is 5.97 Å². The van der Waals surface area contributed by atoms with Crippen LogP contribution in [0.3, 0.4) is 0 Å². The highest BCUT2D eigenvalue weighted by Crippen LogP contribution is 2.11. The van der Waals surface area contributed by atoms with E-state index >= 15 is 0 Å². The minimum absolute atomic E-state index is 0.339. The number of aromatic amines is 1. The van der Waals surface area contributed by atoms with Crippen LogP contribution in [-0.2, 0) is 4.74 Å². The molecule has 0 unspecified atom stereocenters. The molecule has 0 atom stereocenters. The van der Waals surface area contributed by atoms with E-state index in [9.17, 15) is 9.59 Å². The number of nitrogens with one attached hydrogen (secondary N) is 2. The lowest BCUT2D eigenvalue weighted by Gasteiger charge is -2.05. The number of H-pyrrole nitrogens is 1. The second-order valence-electron chi connectivity index (χ2n) is 3.80. The molecule has 2 heterocycles. The third kappa shape index (κ3) is 2.95. The van der Waals surface area contributed by atoms with Crippen molar-refractivity contribution in [1.82, 2.24) is 15.2 Å². The summed E-state index contributed by atoms with van der Waals surface area (Å²) in [6.07, 6.45) is 1.37. The van der Waals surface area contributed by atoms with Gasteiger partial charge in [-0.2, -0.15) is 5.10 Å². The number of pyridine rings is 1. The molecule has 0 spiro atoms. The molecule has 19 heavy (non-hydrogen) atoms. The summed E-state index contributed by atoms with van der Waals surface area (Å²) in [5, 5.41) is 8.98. The number of hydrogen-bond donors (Lipinski definition) is 2. The van der Waals surface area contributed by atoms with Crippen LogP contribution in [0.15, 0.2) is 29.2 Å². The first kappa shape index (κ1) is 12.7. The molecule has 0 aliphatic carbocycles. The van der Waals surface area contributed by atoms with Crippen LogP contribution < -0.4 is 10.9 Å². The standard InChI is InChI=1S/C12H12N4O3/c1-7-5-9(11(17)16-15-7)14-10-4-3-8(6-13-10)12(18)19-2/h3-6H,1-2H3,(H,16,17)(H,13,14,15). The first-order valence-electron chi connectivity index (χ1n) is 5.48. The van der Waals surface area contributed by atoms with Crippen LogP contribution in [0, 0.1) is 6.92 Å². The Balaban J connectivity index is 2.22. The molecule has 2 N–H and O–H groups in total. The Kier molecular flexibility index (Phi) is 3.56. The van der Waals surface area contributed by atoms with Gasteiger partial charge in [0.15, 0.2) is 0 Å². The van der Waals surface area contributed by atoms with Crippen LogP contribution in [0.1, 0.15) is 16.1 Å². The van der Waals surface area contributed by atoms with Gasteiger partial charge in [-0.05, 0) is 25.1 Å². The van der Waals surface area contributed by atoms with E-state index in [-0.39, 0.29) is 5.56 Å². The Morgan fingerprint density at radius 3 is 2.84 bits per heavy atom. The highest BCUT2D eigenvalue weighted by molar-refractivity contribution is 5.89. The number of methoxy groups -OCH3 is 1. The number of anilines is 2. The second-order valence-corrected chi connectivity index (χ2v) is 3.80. The summed E-state index contributed by atoms with van der Waals surface area (Å²) in [6, 6.07) is 4.75. The van der Waals surface area contributed by atoms with E-state index in [1.54, 1.807) is 25.1 Å². The van der Waals surface area contributed by atoms with Crippen molar-refractivity contribution in [3.63, 3.8) is 0 Å². The summed E-state index contributed by atoms with van der Waals surface area (Å²) in [6.45, 7) is 1.76.